The molecule has 0 atom stereocenters. The smallest absolute Gasteiger partial charge is 0.871 e. The van der Waals surface area contributed by atoms with Crippen LogP contribution in [0.5, 0.6) is 5.75 Å². The number of nitro groups is 1. The molecule has 0 radical (unpaired) electrons. The van der Waals surface area contributed by atoms with Crippen molar-refractivity contribution < 1.29 is 39.6 Å². The molecule has 7 heteroatoms. The van der Waals surface area contributed by atoms with E-state index in [4.69, 9.17) is 0 Å². The summed E-state index contributed by atoms with van der Waals surface area (Å²) in [6, 6.07) is 10.6. The van der Waals surface area contributed by atoms with Crippen molar-refractivity contribution in [2.75, 3.05) is 0 Å². The first-order valence-electron chi connectivity index (χ1n) is 5.51. The van der Waals surface area contributed by atoms with Crippen LogP contribution in [0, 0.1) is 17.0 Å². The first-order chi connectivity index (χ1) is 9.08. The van der Waals surface area contributed by atoms with Gasteiger partial charge in [-0.15, -0.1) is 5.11 Å². The Kier molecular flexibility index (Phi) is 5.82. The molecule has 20 heavy (non-hydrogen) atoms. The molecule has 0 amide bonds. The summed E-state index contributed by atoms with van der Waals surface area (Å²) >= 11 is 0. The predicted octanol–water partition coefficient (Wildman–Crippen LogP) is 0.396. The number of hydrogen-bond donors (Lipinski definition) is 0. The molecule has 0 saturated carbocycles. The quantitative estimate of drug-likeness (QED) is 0.352. The molecule has 6 nitrogen and oxygen atoms in total. The molecule has 0 saturated heterocycles. The van der Waals surface area contributed by atoms with Crippen LogP contribution in [0.25, 0.3) is 0 Å². The number of hydrogen-bond acceptors (Lipinski definition) is 5. The number of nitrogens with zero attached hydrogens (tertiary/aromatic N) is 3. The summed E-state index contributed by atoms with van der Waals surface area (Å²) < 4.78 is 0. The predicted molar refractivity (Wildman–Crippen MR) is 67.9 cm³/mol. The molecule has 0 unspecified atom stereocenters. The molecule has 0 aliphatic heterocycles. The van der Waals surface area contributed by atoms with E-state index >= 15 is 0 Å². The third-order valence-electron chi connectivity index (χ3n) is 2.46. The van der Waals surface area contributed by atoms with E-state index in [1.165, 1.54) is 18.2 Å². The minimum Gasteiger partial charge on any atom is -0.871 e. The average Bonchev–Trinajstić information content (AvgIpc) is 2.40. The van der Waals surface area contributed by atoms with Crippen molar-refractivity contribution in [2.45, 2.75) is 6.92 Å². The summed E-state index contributed by atoms with van der Waals surface area (Å²) in [6.45, 7) is 1.82. The molecule has 2 aromatic carbocycles. The molecule has 0 aliphatic carbocycles. The maximum Gasteiger partial charge on any atom is 1.00 e. The normalized spacial score (nSPS) is 10.2. The fraction of sp³-hybridized carbons (Fsp3) is 0.0769. The summed E-state index contributed by atoms with van der Waals surface area (Å²) in [6.07, 6.45) is 0. The number of rotatable bonds is 3. The third-order valence-corrected chi connectivity index (χ3v) is 2.46. The number of benzene rings is 2. The van der Waals surface area contributed by atoms with E-state index in [0.717, 1.165) is 5.56 Å². The summed E-state index contributed by atoms with van der Waals surface area (Å²) in [5.74, 6) is -0.270. The fourth-order valence-electron chi connectivity index (χ4n) is 1.52. The largest absolute Gasteiger partial charge is 1.00 e. The molecule has 0 spiro atoms. The van der Waals surface area contributed by atoms with Crippen LogP contribution >= 0.6 is 0 Å². The van der Waals surface area contributed by atoms with Crippen LogP contribution in [0.4, 0.5) is 17.1 Å². The van der Waals surface area contributed by atoms with Gasteiger partial charge in [-0.3, -0.25) is 10.1 Å². The maximum atomic E-state index is 11.5. The Morgan fingerprint density at radius 1 is 1.05 bits per heavy atom. The van der Waals surface area contributed by atoms with Crippen LogP contribution in [-0.4, -0.2) is 4.92 Å². The molecule has 2 aromatic rings. The van der Waals surface area contributed by atoms with Gasteiger partial charge in [-0.25, -0.2) is 0 Å². The van der Waals surface area contributed by atoms with Gasteiger partial charge in [0.1, 0.15) is 0 Å². The van der Waals surface area contributed by atoms with E-state index in [9.17, 15) is 15.2 Å². The topological polar surface area (TPSA) is 90.9 Å². The maximum absolute atomic E-state index is 11.5. The van der Waals surface area contributed by atoms with Gasteiger partial charge in [0.25, 0.3) is 5.69 Å². The first-order valence-corrected chi connectivity index (χ1v) is 5.51. The van der Waals surface area contributed by atoms with Gasteiger partial charge in [0.15, 0.2) is 5.69 Å². The Hall–Kier alpha value is -1.76. The van der Waals surface area contributed by atoms with Crippen molar-refractivity contribution in [2.24, 2.45) is 10.2 Å². The Labute approximate surface area is 137 Å². The van der Waals surface area contributed by atoms with E-state index in [1.807, 2.05) is 6.92 Å². The molecule has 0 fully saturated rings. The van der Waals surface area contributed by atoms with E-state index in [1.54, 1.807) is 24.3 Å². The van der Waals surface area contributed by atoms with Gasteiger partial charge < -0.3 is 5.11 Å². The van der Waals surface area contributed by atoms with Crippen LogP contribution in [-0.2, 0) is 0 Å². The van der Waals surface area contributed by atoms with E-state index in [0.29, 0.717) is 0 Å². The number of azo groups is 1. The molecular weight excluding hydrogens is 269 g/mol. The molecule has 0 heterocycles. The van der Waals surface area contributed by atoms with Crippen molar-refractivity contribution in [3.8, 4) is 5.75 Å². The summed E-state index contributed by atoms with van der Waals surface area (Å²) in [7, 11) is 0. The average molecular weight is 279 g/mol. The minimum atomic E-state index is -0.539. The van der Waals surface area contributed by atoms with Crippen molar-refractivity contribution in [3.05, 3.63) is 58.1 Å². The fourth-order valence-corrected chi connectivity index (χ4v) is 1.52. The third kappa shape index (κ3) is 3.86. The van der Waals surface area contributed by atoms with Crippen LogP contribution in [0.15, 0.2) is 52.7 Å². The summed E-state index contributed by atoms with van der Waals surface area (Å²) in [5, 5.41) is 29.9. The second-order valence-electron chi connectivity index (χ2n) is 3.92. The minimum absolute atomic E-state index is 0. The summed E-state index contributed by atoms with van der Waals surface area (Å²) in [5.41, 5.74) is 1.01. The van der Waals surface area contributed by atoms with Crippen molar-refractivity contribution in [1.29, 1.82) is 0 Å². The SMILES string of the molecule is Cc1ccc([O-])c(N=Nc2ccccc2[N+](=O)[O-])c1.[Na+]. The van der Waals surface area contributed by atoms with Gasteiger partial charge in [-0.05, 0) is 24.6 Å². The Bertz CT molecular complexity index is 659. The zero-order chi connectivity index (χ0) is 13.8. The van der Waals surface area contributed by atoms with Crippen molar-refractivity contribution in [1.82, 2.24) is 0 Å². The van der Waals surface area contributed by atoms with Crippen molar-refractivity contribution in [3.63, 3.8) is 0 Å². The first kappa shape index (κ1) is 16.3. The van der Waals surface area contributed by atoms with Crippen LogP contribution in [0.3, 0.4) is 0 Å². The Morgan fingerprint density at radius 2 is 1.70 bits per heavy atom. The van der Waals surface area contributed by atoms with E-state index < -0.39 is 4.92 Å². The molecule has 96 valence electrons. The Balaban J connectivity index is 0.00000200. The van der Waals surface area contributed by atoms with Gasteiger partial charge in [0, 0.05) is 6.07 Å². The van der Waals surface area contributed by atoms with Crippen LogP contribution in [0.1, 0.15) is 5.56 Å². The van der Waals surface area contributed by atoms with Crippen molar-refractivity contribution >= 4 is 17.1 Å². The number of nitro benzene ring substituents is 1. The monoisotopic (exact) mass is 279 g/mol. The molecule has 0 aliphatic rings. The van der Waals surface area contributed by atoms with Crippen LogP contribution in [0.2, 0.25) is 0 Å². The molecule has 0 aromatic heterocycles. The van der Waals surface area contributed by atoms with Gasteiger partial charge in [0.05, 0.1) is 10.6 Å². The van der Waals surface area contributed by atoms with Gasteiger partial charge in [-0.1, -0.05) is 30.0 Å². The van der Waals surface area contributed by atoms with Gasteiger partial charge in [0.2, 0.25) is 0 Å². The number of para-hydroxylation sites is 1. The zero-order valence-corrected chi connectivity index (χ0v) is 13.1. The van der Waals surface area contributed by atoms with Gasteiger partial charge >= 0.3 is 29.6 Å². The van der Waals surface area contributed by atoms with Crippen LogP contribution < -0.4 is 34.7 Å². The second-order valence-corrected chi connectivity index (χ2v) is 3.92. The second kappa shape index (κ2) is 7.14. The summed E-state index contributed by atoms with van der Waals surface area (Å²) in [4.78, 5) is 10.3. The molecule has 0 bridgehead atoms. The molecule has 2 rings (SSSR count). The van der Waals surface area contributed by atoms with E-state index in [-0.39, 0.29) is 52.4 Å². The Morgan fingerprint density at radius 3 is 2.40 bits per heavy atom. The number of aryl methyl sites for hydroxylation is 1. The molecular formula is C13H10N3NaO3. The standard InChI is InChI=1S/C13H11N3O3.Na/c1-9-6-7-13(17)11(8-9)15-14-10-4-2-3-5-12(10)16(18)19;/h2-8,17H,1H3;/q;+1/p-1. The molecule has 0 N–H and O–H groups in total. The van der Waals surface area contributed by atoms with Gasteiger partial charge in [-0.2, -0.15) is 5.11 Å². The zero-order valence-electron chi connectivity index (χ0n) is 11.1. The van der Waals surface area contributed by atoms with E-state index in [2.05, 4.69) is 10.2 Å².